The van der Waals surface area contributed by atoms with Gasteiger partial charge in [-0.15, -0.1) is 0 Å². The lowest BCUT2D eigenvalue weighted by Crippen LogP contribution is -2.52. The van der Waals surface area contributed by atoms with Crippen LogP contribution in [-0.2, 0) is 12.8 Å². The van der Waals surface area contributed by atoms with E-state index >= 15 is 0 Å². The van der Waals surface area contributed by atoms with E-state index in [0.717, 1.165) is 37.9 Å². The maximum Gasteiger partial charge on any atom is 0.135 e. The summed E-state index contributed by atoms with van der Waals surface area (Å²) in [5, 5.41) is 0. The Morgan fingerprint density at radius 2 is 1.68 bits per heavy atom. The molecule has 0 unspecified atom stereocenters. The second-order valence-corrected chi connectivity index (χ2v) is 8.47. The standard InChI is InChI=1S/C20H31N5/c1-2-17(3-1)24-10-12-25(13-11-24)20-18-6-8-23(14-16-4-5-16)9-7-19(18)21-15-22-20/h15-17H,1-14H2. The third-order valence-electron chi connectivity index (χ3n) is 6.77. The van der Waals surface area contributed by atoms with Crippen LogP contribution in [0.3, 0.4) is 0 Å². The topological polar surface area (TPSA) is 35.5 Å². The van der Waals surface area contributed by atoms with Crippen LogP contribution in [0.15, 0.2) is 6.33 Å². The minimum absolute atomic E-state index is 0.876. The Kier molecular flexibility index (Phi) is 4.38. The van der Waals surface area contributed by atoms with Gasteiger partial charge in [-0.1, -0.05) is 6.42 Å². The molecule has 1 saturated heterocycles. The number of hydrogen-bond acceptors (Lipinski definition) is 5. The molecule has 3 fully saturated rings. The van der Waals surface area contributed by atoms with Crippen molar-refractivity contribution in [2.24, 2.45) is 5.92 Å². The predicted octanol–water partition coefficient (Wildman–Crippen LogP) is 1.96. The van der Waals surface area contributed by atoms with Crippen LogP contribution in [0.4, 0.5) is 5.82 Å². The fourth-order valence-electron chi connectivity index (χ4n) is 4.73. The van der Waals surface area contributed by atoms with Gasteiger partial charge in [0.05, 0.1) is 5.69 Å². The van der Waals surface area contributed by atoms with Gasteiger partial charge in [0, 0.05) is 63.8 Å². The summed E-state index contributed by atoms with van der Waals surface area (Å²) in [5.74, 6) is 2.22. The molecule has 5 rings (SSSR count). The summed E-state index contributed by atoms with van der Waals surface area (Å²) in [4.78, 5) is 17.3. The molecule has 1 aromatic rings. The Balaban J connectivity index is 1.27. The van der Waals surface area contributed by atoms with Gasteiger partial charge in [0.25, 0.3) is 0 Å². The van der Waals surface area contributed by atoms with Gasteiger partial charge < -0.3 is 9.80 Å². The van der Waals surface area contributed by atoms with Crippen LogP contribution >= 0.6 is 0 Å². The molecule has 2 saturated carbocycles. The second-order valence-electron chi connectivity index (χ2n) is 8.47. The summed E-state index contributed by atoms with van der Waals surface area (Å²) in [6.07, 6.45) is 11.2. The molecule has 0 bridgehead atoms. The molecule has 5 nitrogen and oxygen atoms in total. The molecule has 0 amide bonds. The molecular formula is C20H31N5. The summed E-state index contributed by atoms with van der Waals surface area (Å²) in [5.41, 5.74) is 2.75. The maximum atomic E-state index is 4.74. The molecule has 0 N–H and O–H groups in total. The summed E-state index contributed by atoms with van der Waals surface area (Å²) >= 11 is 0. The molecule has 0 radical (unpaired) electrons. The number of aromatic nitrogens is 2. The van der Waals surface area contributed by atoms with E-state index in [0.29, 0.717) is 0 Å². The Labute approximate surface area is 151 Å². The van der Waals surface area contributed by atoms with Crippen molar-refractivity contribution in [3.05, 3.63) is 17.6 Å². The van der Waals surface area contributed by atoms with Crippen LogP contribution in [0, 0.1) is 5.92 Å². The number of nitrogens with zero attached hydrogens (tertiary/aromatic N) is 5. The van der Waals surface area contributed by atoms with Crippen LogP contribution in [-0.4, -0.2) is 71.6 Å². The zero-order chi connectivity index (χ0) is 16.6. The van der Waals surface area contributed by atoms with Crippen LogP contribution in [0.5, 0.6) is 0 Å². The summed E-state index contributed by atoms with van der Waals surface area (Å²) in [7, 11) is 0. The molecule has 5 heteroatoms. The van der Waals surface area contributed by atoms with Crippen molar-refractivity contribution >= 4 is 5.82 Å². The van der Waals surface area contributed by atoms with Crippen LogP contribution in [0.2, 0.25) is 0 Å². The Bertz CT molecular complexity index is 602. The van der Waals surface area contributed by atoms with Crippen molar-refractivity contribution in [3.8, 4) is 0 Å². The van der Waals surface area contributed by atoms with Crippen molar-refractivity contribution < 1.29 is 0 Å². The minimum atomic E-state index is 0.876. The Hall–Kier alpha value is -1.20. The Morgan fingerprint density at radius 1 is 0.880 bits per heavy atom. The molecule has 4 aliphatic rings. The largest absolute Gasteiger partial charge is 0.354 e. The molecular weight excluding hydrogens is 310 g/mol. The molecule has 1 aromatic heterocycles. The van der Waals surface area contributed by atoms with Gasteiger partial charge in [-0.2, -0.15) is 0 Å². The second kappa shape index (κ2) is 6.84. The van der Waals surface area contributed by atoms with E-state index in [9.17, 15) is 0 Å². The zero-order valence-corrected chi connectivity index (χ0v) is 15.4. The smallest absolute Gasteiger partial charge is 0.135 e. The number of piperazine rings is 1. The number of fused-ring (bicyclic) bond motifs is 1. The summed E-state index contributed by atoms with van der Waals surface area (Å²) < 4.78 is 0. The van der Waals surface area contributed by atoms with E-state index in [1.165, 1.54) is 81.9 Å². The van der Waals surface area contributed by atoms with Crippen molar-refractivity contribution in [1.82, 2.24) is 19.8 Å². The Morgan fingerprint density at radius 3 is 2.40 bits per heavy atom. The highest BCUT2D eigenvalue weighted by atomic mass is 15.3. The highest BCUT2D eigenvalue weighted by Crippen LogP contribution is 2.32. The lowest BCUT2D eigenvalue weighted by molar-refractivity contribution is 0.120. The molecule has 2 aliphatic carbocycles. The van der Waals surface area contributed by atoms with E-state index in [4.69, 9.17) is 4.98 Å². The number of hydrogen-bond donors (Lipinski definition) is 0. The van der Waals surface area contributed by atoms with Crippen molar-refractivity contribution in [2.45, 2.75) is 51.0 Å². The molecule has 136 valence electrons. The van der Waals surface area contributed by atoms with Gasteiger partial charge in [0.15, 0.2) is 0 Å². The zero-order valence-electron chi connectivity index (χ0n) is 15.4. The molecule has 3 heterocycles. The van der Waals surface area contributed by atoms with Gasteiger partial charge in [-0.3, -0.25) is 4.90 Å². The maximum absolute atomic E-state index is 4.74. The van der Waals surface area contributed by atoms with E-state index in [-0.39, 0.29) is 0 Å². The van der Waals surface area contributed by atoms with Crippen LogP contribution in [0.25, 0.3) is 0 Å². The van der Waals surface area contributed by atoms with Crippen LogP contribution < -0.4 is 4.90 Å². The van der Waals surface area contributed by atoms with Crippen LogP contribution in [0.1, 0.15) is 43.4 Å². The molecule has 2 aliphatic heterocycles. The fraction of sp³-hybridized carbons (Fsp3) is 0.800. The fourth-order valence-corrected chi connectivity index (χ4v) is 4.73. The average Bonchev–Trinajstić information content (AvgIpc) is 3.42. The minimum Gasteiger partial charge on any atom is -0.354 e. The van der Waals surface area contributed by atoms with Gasteiger partial charge in [-0.25, -0.2) is 9.97 Å². The third-order valence-corrected chi connectivity index (χ3v) is 6.77. The first kappa shape index (κ1) is 16.0. The first-order valence-corrected chi connectivity index (χ1v) is 10.4. The van der Waals surface area contributed by atoms with Crippen molar-refractivity contribution in [1.29, 1.82) is 0 Å². The highest BCUT2D eigenvalue weighted by Gasteiger charge is 2.30. The van der Waals surface area contributed by atoms with Gasteiger partial charge in [0.1, 0.15) is 12.1 Å². The summed E-state index contributed by atoms with van der Waals surface area (Å²) in [6.45, 7) is 8.34. The SMILES string of the molecule is c1nc2c(c(N3CCN(C4CCC4)CC3)n1)CCN(CC1CC1)CC2. The first-order chi connectivity index (χ1) is 12.4. The van der Waals surface area contributed by atoms with Crippen molar-refractivity contribution in [3.63, 3.8) is 0 Å². The highest BCUT2D eigenvalue weighted by molar-refractivity contribution is 5.49. The van der Waals surface area contributed by atoms with E-state index in [1.54, 1.807) is 0 Å². The van der Waals surface area contributed by atoms with E-state index in [1.807, 2.05) is 6.33 Å². The molecule has 0 spiro atoms. The van der Waals surface area contributed by atoms with Gasteiger partial charge in [-0.05, 0) is 38.0 Å². The first-order valence-electron chi connectivity index (χ1n) is 10.4. The molecule has 25 heavy (non-hydrogen) atoms. The van der Waals surface area contributed by atoms with Gasteiger partial charge in [0.2, 0.25) is 0 Å². The van der Waals surface area contributed by atoms with Gasteiger partial charge >= 0.3 is 0 Å². The average molecular weight is 342 g/mol. The predicted molar refractivity (Wildman–Crippen MR) is 100 cm³/mol. The van der Waals surface area contributed by atoms with Crippen molar-refractivity contribution in [2.75, 3.05) is 50.7 Å². The van der Waals surface area contributed by atoms with E-state index < -0.39 is 0 Å². The lowest BCUT2D eigenvalue weighted by atomic mass is 9.91. The number of rotatable bonds is 4. The summed E-state index contributed by atoms with van der Waals surface area (Å²) in [6, 6.07) is 0.876. The quantitative estimate of drug-likeness (QED) is 0.837. The normalized spacial score (nSPS) is 26.2. The third kappa shape index (κ3) is 3.41. The monoisotopic (exact) mass is 341 g/mol. The molecule has 0 aromatic carbocycles. The molecule has 0 atom stereocenters. The van der Waals surface area contributed by atoms with E-state index in [2.05, 4.69) is 19.7 Å². The number of anilines is 1. The lowest BCUT2D eigenvalue weighted by Gasteiger charge is -2.43.